The normalized spacial score (nSPS) is 11.0. The molecule has 0 saturated heterocycles. The van der Waals surface area contributed by atoms with Crippen LogP contribution in [0.4, 0.5) is 5.69 Å². The summed E-state index contributed by atoms with van der Waals surface area (Å²) in [6, 6.07) is 7.12. The van der Waals surface area contributed by atoms with E-state index in [0.29, 0.717) is 11.4 Å². The zero-order chi connectivity index (χ0) is 16.9. The van der Waals surface area contributed by atoms with Gasteiger partial charge >= 0.3 is 0 Å². The van der Waals surface area contributed by atoms with E-state index in [1.807, 2.05) is 22.2 Å². The Labute approximate surface area is 142 Å². The number of nitrogens with zero attached hydrogens (tertiary/aromatic N) is 3. The van der Waals surface area contributed by atoms with Crippen molar-refractivity contribution in [3.05, 3.63) is 53.3 Å². The van der Waals surface area contributed by atoms with Crippen LogP contribution in [0.15, 0.2) is 47.1 Å². The van der Waals surface area contributed by atoms with Crippen molar-refractivity contribution in [2.24, 2.45) is 5.10 Å². The van der Waals surface area contributed by atoms with Crippen LogP contribution in [0, 0.1) is 0 Å². The Morgan fingerprint density at radius 3 is 2.83 bits per heavy atom. The number of carbonyl (C=O) groups is 2. The minimum absolute atomic E-state index is 0.122. The van der Waals surface area contributed by atoms with Gasteiger partial charge in [0.2, 0.25) is 11.8 Å². The summed E-state index contributed by atoms with van der Waals surface area (Å²) >= 11 is 1.52. The van der Waals surface area contributed by atoms with E-state index in [0.717, 1.165) is 10.5 Å². The number of anilines is 1. The first kappa shape index (κ1) is 15.9. The summed E-state index contributed by atoms with van der Waals surface area (Å²) in [7, 11) is 0. The third-order valence-corrected chi connectivity index (χ3v) is 3.89. The predicted molar refractivity (Wildman–Crippen MR) is 93.3 cm³/mol. The molecule has 0 spiro atoms. The van der Waals surface area contributed by atoms with E-state index in [4.69, 9.17) is 0 Å². The predicted octanol–water partition coefficient (Wildman–Crippen LogP) is 2.05. The highest BCUT2D eigenvalue weighted by molar-refractivity contribution is 7.15. The van der Waals surface area contributed by atoms with Crippen LogP contribution in [0.25, 0.3) is 4.96 Å². The van der Waals surface area contributed by atoms with E-state index in [1.54, 1.807) is 30.5 Å². The molecule has 2 amide bonds. The molecule has 0 saturated carbocycles. The maximum absolute atomic E-state index is 11.9. The molecule has 0 aliphatic heterocycles. The van der Waals surface area contributed by atoms with Crippen molar-refractivity contribution in [3.8, 4) is 0 Å². The lowest BCUT2D eigenvalue weighted by atomic mass is 10.2. The van der Waals surface area contributed by atoms with E-state index in [1.165, 1.54) is 18.3 Å². The molecule has 2 N–H and O–H groups in total. The lowest BCUT2D eigenvalue weighted by Gasteiger charge is -2.01. The first-order chi connectivity index (χ1) is 11.6. The van der Waals surface area contributed by atoms with Crippen LogP contribution in [0.2, 0.25) is 0 Å². The summed E-state index contributed by atoms with van der Waals surface area (Å²) in [4.78, 5) is 28.0. The van der Waals surface area contributed by atoms with E-state index < -0.39 is 0 Å². The fourth-order valence-corrected chi connectivity index (χ4v) is 2.82. The third-order valence-electron chi connectivity index (χ3n) is 3.12. The molecule has 3 rings (SSSR count). The average molecular weight is 341 g/mol. The molecular formula is C16H15N5O2S. The Balaban J connectivity index is 1.52. The SMILES string of the molecule is CC(=O)Nc1ccc(C=NNC(=O)Cc2cn3ccsc3n2)cc1. The number of nitrogens with one attached hydrogen (secondary N) is 2. The number of hydrazone groups is 1. The van der Waals surface area contributed by atoms with Gasteiger partial charge in [-0.3, -0.25) is 14.0 Å². The number of rotatable bonds is 5. The second kappa shape index (κ2) is 7.05. The number of fused-ring (bicyclic) bond motifs is 1. The summed E-state index contributed by atoms with van der Waals surface area (Å²) < 4.78 is 1.88. The van der Waals surface area contributed by atoms with Gasteiger partial charge in [-0.05, 0) is 17.7 Å². The maximum atomic E-state index is 11.9. The quantitative estimate of drug-likeness (QED) is 0.550. The number of aromatic nitrogens is 2. The molecule has 1 aromatic carbocycles. The second-order valence-electron chi connectivity index (χ2n) is 5.10. The second-order valence-corrected chi connectivity index (χ2v) is 5.97. The molecule has 0 radical (unpaired) electrons. The van der Waals surface area contributed by atoms with Gasteiger partial charge in [0.25, 0.3) is 0 Å². The van der Waals surface area contributed by atoms with E-state index in [2.05, 4.69) is 20.8 Å². The Hall–Kier alpha value is -3.00. The van der Waals surface area contributed by atoms with Crippen LogP contribution in [-0.2, 0) is 16.0 Å². The lowest BCUT2D eigenvalue weighted by molar-refractivity contribution is -0.120. The van der Waals surface area contributed by atoms with Crippen molar-refractivity contribution >= 4 is 40.0 Å². The van der Waals surface area contributed by atoms with Crippen LogP contribution in [0.5, 0.6) is 0 Å². The Morgan fingerprint density at radius 1 is 1.33 bits per heavy atom. The van der Waals surface area contributed by atoms with Crippen molar-refractivity contribution in [2.45, 2.75) is 13.3 Å². The van der Waals surface area contributed by atoms with Crippen LogP contribution >= 0.6 is 11.3 Å². The van der Waals surface area contributed by atoms with Gasteiger partial charge in [-0.25, -0.2) is 10.4 Å². The van der Waals surface area contributed by atoms with Crippen molar-refractivity contribution in [1.82, 2.24) is 14.8 Å². The monoisotopic (exact) mass is 341 g/mol. The number of imidazole rings is 1. The van der Waals surface area contributed by atoms with Crippen LogP contribution in [0.3, 0.4) is 0 Å². The number of carbonyl (C=O) groups excluding carboxylic acids is 2. The number of amides is 2. The molecule has 24 heavy (non-hydrogen) atoms. The van der Waals surface area contributed by atoms with E-state index in [-0.39, 0.29) is 18.2 Å². The summed E-state index contributed by atoms with van der Waals surface area (Å²) in [6.07, 6.45) is 5.45. The highest BCUT2D eigenvalue weighted by Gasteiger charge is 2.07. The summed E-state index contributed by atoms with van der Waals surface area (Å²) in [5.74, 6) is -0.352. The minimum atomic E-state index is -0.230. The number of thiazole rings is 1. The summed E-state index contributed by atoms with van der Waals surface area (Å²) in [5, 5.41) is 8.55. The molecule has 0 aliphatic rings. The molecule has 0 unspecified atom stereocenters. The Morgan fingerprint density at radius 2 is 2.12 bits per heavy atom. The third kappa shape index (κ3) is 4.05. The van der Waals surface area contributed by atoms with Gasteiger partial charge in [0.15, 0.2) is 4.96 Å². The molecule has 122 valence electrons. The van der Waals surface area contributed by atoms with Gasteiger partial charge in [0, 0.05) is 30.4 Å². The molecule has 0 atom stereocenters. The molecule has 0 aliphatic carbocycles. The van der Waals surface area contributed by atoms with E-state index in [9.17, 15) is 9.59 Å². The van der Waals surface area contributed by atoms with Crippen LogP contribution in [-0.4, -0.2) is 27.4 Å². The molecule has 7 nitrogen and oxygen atoms in total. The molecule has 0 fully saturated rings. The number of hydrogen-bond acceptors (Lipinski definition) is 5. The van der Waals surface area contributed by atoms with Crippen LogP contribution in [0.1, 0.15) is 18.2 Å². The molecule has 2 heterocycles. The van der Waals surface area contributed by atoms with Gasteiger partial charge in [-0.15, -0.1) is 11.3 Å². The molecular weight excluding hydrogens is 326 g/mol. The average Bonchev–Trinajstić information content (AvgIpc) is 3.09. The van der Waals surface area contributed by atoms with Gasteiger partial charge in [-0.1, -0.05) is 12.1 Å². The van der Waals surface area contributed by atoms with Crippen molar-refractivity contribution in [1.29, 1.82) is 0 Å². The fourth-order valence-electron chi connectivity index (χ4n) is 2.10. The highest BCUT2D eigenvalue weighted by atomic mass is 32.1. The molecule has 0 bridgehead atoms. The first-order valence-corrected chi connectivity index (χ1v) is 8.09. The Kier molecular flexibility index (Phi) is 4.66. The molecule has 2 aromatic heterocycles. The Bertz CT molecular complexity index is 866. The smallest absolute Gasteiger partial charge is 0.246 e. The topological polar surface area (TPSA) is 87.9 Å². The van der Waals surface area contributed by atoms with Crippen molar-refractivity contribution in [3.63, 3.8) is 0 Å². The maximum Gasteiger partial charge on any atom is 0.246 e. The largest absolute Gasteiger partial charge is 0.326 e. The standard InChI is InChI=1S/C16H15N5O2S/c1-11(22)18-13-4-2-12(3-5-13)9-17-20-15(23)8-14-10-21-6-7-24-16(21)19-14/h2-7,9-10H,8H2,1H3,(H,18,22)(H,20,23). The fraction of sp³-hybridized carbons (Fsp3) is 0.125. The minimum Gasteiger partial charge on any atom is -0.326 e. The van der Waals surface area contributed by atoms with Gasteiger partial charge in [0.05, 0.1) is 18.3 Å². The molecule has 8 heteroatoms. The first-order valence-electron chi connectivity index (χ1n) is 7.21. The van der Waals surface area contributed by atoms with E-state index >= 15 is 0 Å². The van der Waals surface area contributed by atoms with Crippen LogP contribution < -0.4 is 10.7 Å². The number of benzene rings is 1. The van der Waals surface area contributed by atoms with Crippen molar-refractivity contribution < 1.29 is 9.59 Å². The zero-order valence-electron chi connectivity index (χ0n) is 12.9. The molecule has 3 aromatic rings. The van der Waals surface area contributed by atoms with Gasteiger partial charge in [0.1, 0.15) is 0 Å². The van der Waals surface area contributed by atoms with Gasteiger partial charge < -0.3 is 5.32 Å². The van der Waals surface area contributed by atoms with Crippen molar-refractivity contribution in [2.75, 3.05) is 5.32 Å². The highest BCUT2D eigenvalue weighted by Crippen LogP contribution is 2.11. The summed E-state index contributed by atoms with van der Waals surface area (Å²) in [6.45, 7) is 1.45. The lowest BCUT2D eigenvalue weighted by Crippen LogP contribution is -2.19. The summed E-state index contributed by atoms with van der Waals surface area (Å²) in [5.41, 5.74) is 4.70. The van der Waals surface area contributed by atoms with Gasteiger partial charge in [-0.2, -0.15) is 5.10 Å². The zero-order valence-corrected chi connectivity index (χ0v) is 13.7. The number of hydrogen-bond donors (Lipinski definition) is 2.